The number of amides is 1. The van der Waals surface area contributed by atoms with Crippen LogP contribution in [0.25, 0.3) is 16.6 Å². The van der Waals surface area contributed by atoms with Gasteiger partial charge in [0.1, 0.15) is 0 Å². The predicted octanol–water partition coefficient (Wildman–Crippen LogP) is 4.51. The average molecular weight is 540 g/mol. The number of piperazine rings is 2. The highest BCUT2D eigenvalue weighted by molar-refractivity contribution is 5.81. The van der Waals surface area contributed by atoms with E-state index >= 15 is 0 Å². The fraction of sp³-hybridized carbons (Fsp3) is 0.531. The van der Waals surface area contributed by atoms with Crippen LogP contribution in [0.3, 0.4) is 0 Å². The Morgan fingerprint density at radius 2 is 1.55 bits per heavy atom. The van der Waals surface area contributed by atoms with Crippen LogP contribution in [0.5, 0.6) is 0 Å². The first-order valence-electron chi connectivity index (χ1n) is 15.0. The molecule has 40 heavy (non-hydrogen) atoms. The van der Waals surface area contributed by atoms with E-state index in [-0.39, 0.29) is 17.7 Å². The lowest BCUT2D eigenvalue weighted by molar-refractivity contribution is -0.137. The van der Waals surface area contributed by atoms with Gasteiger partial charge >= 0.3 is 0 Å². The van der Waals surface area contributed by atoms with E-state index in [0.717, 1.165) is 89.1 Å². The van der Waals surface area contributed by atoms with Crippen molar-refractivity contribution in [2.24, 2.45) is 11.8 Å². The van der Waals surface area contributed by atoms with Gasteiger partial charge in [-0.15, -0.1) is 0 Å². The van der Waals surface area contributed by atoms with Gasteiger partial charge in [-0.3, -0.25) is 9.69 Å². The van der Waals surface area contributed by atoms with E-state index in [4.69, 9.17) is 5.26 Å². The normalized spacial score (nSPS) is 22.6. The van der Waals surface area contributed by atoms with Gasteiger partial charge in [0.25, 0.3) is 0 Å². The van der Waals surface area contributed by atoms with Gasteiger partial charge in [-0.05, 0) is 69.4 Å². The van der Waals surface area contributed by atoms with Gasteiger partial charge in [0.05, 0.1) is 17.3 Å². The number of benzene rings is 1. The Hall–Kier alpha value is -3.57. The fourth-order valence-corrected chi connectivity index (χ4v) is 6.68. The molecule has 0 spiro atoms. The van der Waals surface area contributed by atoms with Crippen LogP contribution in [-0.4, -0.2) is 83.7 Å². The van der Waals surface area contributed by atoms with Crippen LogP contribution in [0.2, 0.25) is 0 Å². The number of rotatable bonds is 5. The van der Waals surface area contributed by atoms with Crippen molar-refractivity contribution in [2.45, 2.75) is 45.6 Å². The summed E-state index contributed by atoms with van der Waals surface area (Å²) < 4.78 is 1.98. The summed E-state index contributed by atoms with van der Waals surface area (Å²) in [5.74, 6) is 0.504. The van der Waals surface area contributed by atoms with Crippen LogP contribution >= 0.6 is 0 Å². The lowest BCUT2D eigenvalue weighted by Gasteiger charge is -2.38. The van der Waals surface area contributed by atoms with E-state index in [1.165, 1.54) is 16.9 Å². The largest absolute Gasteiger partial charge is 0.369 e. The summed E-state index contributed by atoms with van der Waals surface area (Å²) in [6.07, 6.45) is 7.41. The van der Waals surface area contributed by atoms with Crippen LogP contribution < -0.4 is 9.80 Å². The minimum Gasteiger partial charge on any atom is -0.369 e. The summed E-state index contributed by atoms with van der Waals surface area (Å²) in [7, 11) is 0. The van der Waals surface area contributed by atoms with Gasteiger partial charge in [-0.2, -0.15) is 10.4 Å². The second-order valence-electron chi connectivity index (χ2n) is 11.9. The molecule has 0 unspecified atom stereocenters. The van der Waals surface area contributed by atoms with Crippen LogP contribution in [0.15, 0.2) is 48.8 Å². The molecule has 3 fully saturated rings. The molecule has 0 radical (unpaired) electrons. The molecule has 1 amide bonds. The Balaban J connectivity index is 1.11. The van der Waals surface area contributed by atoms with E-state index in [0.29, 0.717) is 6.04 Å². The van der Waals surface area contributed by atoms with Crippen LogP contribution in [-0.2, 0) is 4.79 Å². The molecule has 2 saturated heterocycles. The summed E-state index contributed by atoms with van der Waals surface area (Å²) in [5, 5.41) is 13.8. The fourth-order valence-electron chi connectivity index (χ4n) is 6.68. The summed E-state index contributed by atoms with van der Waals surface area (Å²) >= 11 is 0. The zero-order chi connectivity index (χ0) is 27.6. The Labute approximate surface area is 237 Å². The maximum Gasteiger partial charge on any atom is 0.225 e. The first kappa shape index (κ1) is 26.6. The quantitative estimate of drug-likeness (QED) is 0.475. The number of nitriles is 1. The highest BCUT2D eigenvalue weighted by Crippen LogP contribution is 2.32. The molecule has 6 rings (SSSR count). The molecule has 3 aromatic rings. The summed E-state index contributed by atoms with van der Waals surface area (Å²) in [4.78, 5) is 22.6. The van der Waals surface area contributed by atoms with Crippen molar-refractivity contribution in [3.63, 3.8) is 0 Å². The van der Waals surface area contributed by atoms with Gasteiger partial charge in [0, 0.05) is 93.9 Å². The predicted molar refractivity (Wildman–Crippen MR) is 159 cm³/mol. The second-order valence-corrected chi connectivity index (χ2v) is 11.9. The number of fused-ring (bicyclic) bond motifs is 1. The Bertz CT molecular complexity index is 1350. The zero-order valence-corrected chi connectivity index (χ0v) is 23.9. The summed E-state index contributed by atoms with van der Waals surface area (Å²) in [5.41, 5.74) is 5.92. The van der Waals surface area contributed by atoms with Crippen LogP contribution in [0, 0.1) is 23.2 Å². The van der Waals surface area contributed by atoms with Gasteiger partial charge in [-0.1, -0.05) is 12.1 Å². The first-order chi connectivity index (χ1) is 19.5. The molecule has 8 heteroatoms. The van der Waals surface area contributed by atoms with Gasteiger partial charge in [-0.25, -0.2) is 4.52 Å². The minimum absolute atomic E-state index is 0.0907. The summed E-state index contributed by atoms with van der Waals surface area (Å²) in [6.45, 7) is 12.0. The van der Waals surface area contributed by atoms with Gasteiger partial charge in [0.2, 0.25) is 5.91 Å². The molecular weight excluding hydrogens is 498 g/mol. The first-order valence-corrected chi connectivity index (χ1v) is 15.0. The number of hydrogen-bond acceptors (Lipinski definition) is 6. The molecule has 1 aliphatic carbocycles. The van der Waals surface area contributed by atoms with Gasteiger partial charge in [0.15, 0.2) is 0 Å². The molecule has 3 aliphatic rings. The van der Waals surface area contributed by atoms with Crippen molar-refractivity contribution >= 4 is 22.8 Å². The number of anilines is 2. The van der Waals surface area contributed by atoms with Crippen LogP contribution in [0.4, 0.5) is 11.4 Å². The lowest BCUT2D eigenvalue weighted by atomic mass is 9.82. The van der Waals surface area contributed by atoms with E-state index in [9.17, 15) is 4.79 Å². The summed E-state index contributed by atoms with van der Waals surface area (Å²) in [6, 6.07) is 16.3. The minimum atomic E-state index is 0.0907. The molecule has 210 valence electrons. The van der Waals surface area contributed by atoms with Crippen molar-refractivity contribution in [2.75, 3.05) is 62.2 Å². The number of carbonyl (C=O) groups excluding carboxylic acids is 1. The molecule has 8 nitrogen and oxygen atoms in total. The smallest absolute Gasteiger partial charge is 0.225 e. The average Bonchev–Trinajstić information content (AvgIpc) is 3.46. The molecule has 2 aliphatic heterocycles. The number of aromatic nitrogens is 2. The monoisotopic (exact) mass is 539 g/mol. The lowest BCUT2D eigenvalue weighted by Crippen LogP contribution is -2.50. The number of nitrogens with zero attached hydrogens (tertiary/aromatic N) is 7. The standard InChI is InChI=1S/C32H41N7O/c1-24(2)35-13-15-36(16-14-35)29-9-7-26(8-10-29)28-21-31-30(11-12-34-39(31)23-28)37-17-19-38(20-18-37)32(40)27-5-3-25(22-33)4-6-27/h7-12,21,23-25,27H,3-6,13-20H2,1-2H3. The second kappa shape index (κ2) is 11.5. The van der Waals surface area contributed by atoms with E-state index in [1.54, 1.807) is 0 Å². The molecule has 0 atom stereocenters. The Morgan fingerprint density at radius 1 is 0.875 bits per heavy atom. The topological polar surface area (TPSA) is 71.1 Å². The number of carbonyl (C=O) groups is 1. The van der Waals surface area contributed by atoms with Gasteiger partial charge < -0.3 is 14.7 Å². The third-order valence-corrected chi connectivity index (χ3v) is 9.29. The number of hydrogen-bond donors (Lipinski definition) is 0. The van der Waals surface area contributed by atoms with Crippen molar-refractivity contribution in [3.05, 3.63) is 48.8 Å². The molecule has 4 heterocycles. The third-order valence-electron chi connectivity index (χ3n) is 9.29. The Kier molecular flexibility index (Phi) is 7.66. The molecule has 0 bridgehead atoms. The zero-order valence-electron chi connectivity index (χ0n) is 23.9. The Morgan fingerprint density at radius 3 is 2.20 bits per heavy atom. The molecular formula is C32H41N7O. The van der Waals surface area contributed by atoms with E-state index in [1.807, 2.05) is 15.6 Å². The van der Waals surface area contributed by atoms with Crippen molar-refractivity contribution < 1.29 is 4.79 Å². The van der Waals surface area contributed by atoms with Crippen molar-refractivity contribution in [3.8, 4) is 17.2 Å². The third kappa shape index (κ3) is 5.40. The molecule has 0 N–H and O–H groups in total. The van der Waals surface area contributed by atoms with Crippen molar-refractivity contribution in [1.82, 2.24) is 19.4 Å². The van der Waals surface area contributed by atoms with Crippen molar-refractivity contribution in [1.29, 1.82) is 5.26 Å². The SMILES string of the molecule is CC(C)N1CCN(c2ccc(-c3cc4c(N5CCN(C(=O)C6CCC(C#N)CC6)CC5)ccnn4c3)cc2)CC1. The molecule has 2 aromatic heterocycles. The maximum absolute atomic E-state index is 13.1. The molecule has 1 saturated carbocycles. The maximum atomic E-state index is 13.1. The highest BCUT2D eigenvalue weighted by Gasteiger charge is 2.31. The van der Waals surface area contributed by atoms with E-state index < -0.39 is 0 Å². The van der Waals surface area contributed by atoms with E-state index in [2.05, 4.69) is 82.3 Å². The van der Waals surface area contributed by atoms with Crippen LogP contribution in [0.1, 0.15) is 39.5 Å². The molecule has 1 aromatic carbocycles. The highest BCUT2D eigenvalue weighted by atomic mass is 16.2.